The highest BCUT2D eigenvalue weighted by Crippen LogP contribution is 2.42. The van der Waals surface area contributed by atoms with E-state index in [4.69, 9.17) is 18.4 Å². The molecule has 1 aliphatic heterocycles. The number of halogens is 1. The van der Waals surface area contributed by atoms with E-state index in [-0.39, 0.29) is 23.2 Å². The van der Waals surface area contributed by atoms with Gasteiger partial charge in [-0.3, -0.25) is 4.98 Å². The van der Waals surface area contributed by atoms with Gasteiger partial charge < -0.3 is 18.9 Å². The smallest absolute Gasteiger partial charge is 0.134 e. The van der Waals surface area contributed by atoms with Crippen molar-refractivity contribution in [1.82, 2.24) is 29.7 Å². The molecule has 0 aliphatic carbocycles. The minimum Gasteiger partial charge on any atom is -0.386 e. The van der Waals surface area contributed by atoms with Crippen molar-refractivity contribution in [2.45, 2.75) is 52.1 Å². The highest BCUT2D eigenvalue weighted by Gasteiger charge is 2.33. The van der Waals surface area contributed by atoms with Gasteiger partial charge in [-0.25, -0.2) is 9.07 Å². The van der Waals surface area contributed by atoms with E-state index in [1.165, 1.54) is 10.7 Å². The molecule has 38 heavy (non-hydrogen) atoms. The van der Waals surface area contributed by atoms with E-state index in [1.54, 1.807) is 33.2 Å². The summed E-state index contributed by atoms with van der Waals surface area (Å²) in [7, 11) is 1.63. The minimum atomic E-state index is -2.49. The Bertz CT molecular complexity index is 1760. The molecule has 1 aliphatic rings. The molecule has 5 aromatic rings. The molecular formula is C28H31FN6O3. The van der Waals surface area contributed by atoms with Crippen molar-refractivity contribution in [3.63, 3.8) is 0 Å². The van der Waals surface area contributed by atoms with Gasteiger partial charge in [-0.2, -0.15) is 0 Å². The summed E-state index contributed by atoms with van der Waals surface area (Å²) in [4.78, 5) is 4.74. The van der Waals surface area contributed by atoms with Crippen molar-refractivity contribution in [2.24, 2.45) is 13.0 Å². The first-order valence-corrected chi connectivity index (χ1v) is 12.6. The fourth-order valence-corrected chi connectivity index (χ4v) is 5.64. The van der Waals surface area contributed by atoms with Gasteiger partial charge in [0.05, 0.1) is 39.6 Å². The van der Waals surface area contributed by atoms with Crippen molar-refractivity contribution >= 4 is 21.9 Å². The Kier molecular flexibility index (Phi) is 5.04. The van der Waals surface area contributed by atoms with Crippen molar-refractivity contribution in [3.05, 3.63) is 59.0 Å². The average molecular weight is 522 g/mol. The summed E-state index contributed by atoms with van der Waals surface area (Å²) >= 11 is 0. The van der Waals surface area contributed by atoms with Gasteiger partial charge in [-0.1, -0.05) is 10.4 Å². The third-order valence-electron chi connectivity index (χ3n) is 7.43. The molecular weight excluding hydrogens is 487 g/mol. The zero-order chi connectivity index (χ0) is 29.3. The number of fused-ring (bicyclic) bond motifs is 3. The number of hydrogen-bond donors (Lipinski definition) is 1. The molecule has 10 heteroatoms. The molecule has 9 nitrogen and oxygen atoms in total. The molecule has 198 valence electrons. The predicted molar refractivity (Wildman–Crippen MR) is 140 cm³/mol. The Hall–Kier alpha value is -3.63. The first kappa shape index (κ1) is 21.3. The lowest BCUT2D eigenvalue weighted by Crippen LogP contribution is -2.27. The quantitative estimate of drug-likeness (QED) is 0.348. The highest BCUT2D eigenvalue weighted by molar-refractivity contribution is 6.07. The lowest BCUT2D eigenvalue weighted by Gasteiger charge is -2.31. The number of aliphatic hydroxyl groups is 1. The zero-order valence-electron chi connectivity index (χ0n) is 24.7. The van der Waals surface area contributed by atoms with Crippen LogP contribution in [0.1, 0.15) is 59.6 Å². The Labute approximate surface area is 223 Å². The van der Waals surface area contributed by atoms with Crippen molar-refractivity contribution in [2.75, 3.05) is 13.2 Å². The van der Waals surface area contributed by atoms with E-state index >= 15 is 4.39 Å². The fourth-order valence-electron chi connectivity index (χ4n) is 5.64. The minimum absolute atomic E-state index is 0.0997. The number of aryl methyl sites for hydroxylation is 3. The second-order valence-corrected chi connectivity index (χ2v) is 10.5. The second-order valence-electron chi connectivity index (χ2n) is 10.5. The van der Waals surface area contributed by atoms with Gasteiger partial charge in [-0.05, 0) is 64.6 Å². The van der Waals surface area contributed by atoms with Crippen LogP contribution < -0.4 is 0 Å². The Morgan fingerprint density at radius 1 is 1.18 bits per heavy atom. The number of rotatable bonds is 5. The molecule has 4 aromatic heterocycles. The molecule has 0 radical (unpaired) electrons. The van der Waals surface area contributed by atoms with Gasteiger partial charge in [0.15, 0.2) is 0 Å². The van der Waals surface area contributed by atoms with Gasteiger partial charge in [0.25, 0.3) is 0 Å². The predicted octanol–water partition coefficient (Wildman–Crippen LogP) is 4.97. The summed E-state index contributed by atoms with van der Waals surface area (Å²) < 4.78 is 54.1. The van der Waals surface area contributed by atoms with Crippen LogP contribution in [0.25, 0.3) is 33.2 Å². The lowest BCUT2D eigenvalue weighted by atomic mass is 9.89. The van der Waals surface area contributed by atoms with E-state index < -0.39 is 18.3 Å². The first-order valence-electron chi connectivity index (χ1n) is 14.1. The van der Waals surface area contributed by atoms with Gasteiger partial charge >= 0.3 is 0 Å². The molecule has 1 fully saturated rings. The van der Waals surface area contributed by atoms with Crippen LogP contribution in [0.3, 0.4) is 0 Å². The Morgan fingerprint density at radius 2 is 1.97 bits per heavy atom. The summed E-state index contributed by atoms with van der Waals surface area (Å²) in [6.45, 7) is 3.61. The van der Waals surface area contributed by atoms with Crippen LogP contribution in [-0.4, -0.2) is 48.0 Å². The van der Waals surface area contributed by atoms with Crippen LogP contribution in [-0.2, 0) is 17.4 Å². The van der Waals surface area contributed by atoms with Crippen LogP contribution in [0.2, 0.25) is 0 Å². The number of pyridine rings is 1. The van der Waals surface area contributed by atoms with E-state index in [2.05, 4.69) is 20.0 Å². The number of hydrogen-bond acceptors (Lipinski definition) is 7. The van der Waals surface area contributed by atoms with E-state index in [1.807, 2.05) is 19.1 Å². The van der Waals surface area contributed by atoms with Gasteiger partial charge in [0.2, 0.25) is 0 Å². The molecule has 0 saturated carbocycles. The normalized spacial score (nSPS) is 17.6. The second kappa shape index (κ2) is 8.99. The number of benzene rings is 1. The summed E-state index contributed by atoms with van der Waals surface area (Å²) in [6, 6.07) is 6.48. The molecule has 1 aromatic carbocycles. The SMILES string of the molecule is [2H]C([2H])([2H])c1nnn(C)c1-c1cnc2c3cc(F)c(C(C)(C)O)cc3n([C@H](c3cc(C)on3)C3CCOCC3)c2c1. The fraction of sp³-hybridized carbons (Fsp3) is 0.429. The van der Waals surface area contributed by atoms with E-state index in [0.717, 1.165) is 12.8 Å². The van der Waals surface area contributed by atoms with Crippen molar-refractivity contribution < 1.29 is 22.9 Å². The number of ether oxygens (including phenoxy) is 1. The summed E-state index contributed by atoms with van der Waals surface area (Å²) in [6.07, 6.45) is 3.09. The molecule has 6 rings (SSSR count). The monoisotopic (exact) mass is 521 g/mol. The number of aromatic nitrogens is 6. The van der Waals surface area contributed by atoms with Crippen LogP contribution in [0.15, 0.2) is 35.0 Å². The first-order chi connectivity index (χ1) is 19.3. The molecule has 1 atom stereocenters. The summed E-state index contributed by atoms with van der Waals surface area (Å²) in [5, 5.41) is 23.7. The van der Waals surface area contributed by atoms with Crippen LogP contribution >= 0.6 is 0 Å². The van der Waals surface area contributed by atoms with Gasteiger partial charge in [0, 0.05) is 53.2 Å². The van der Waals surface area contributed by atoms with Gasteiger partial charge in [0.1, 0.15) is 17.3 Å². The van der Waals surface area contributed by atoms with E-state index in [0.29, 0.717) is 57.9 Å². The third kappa shape index (κ3) is 3.99. The Balaban J connectivity index is 1.71. The summed E-state index contributed by atoms with van der Waals surface area (Å²) in [5.41, 5.74) is 1.96. The standard InChI is InChI=1S/C28H31FN6O3/c1-15-10-22(32-38-15)27(17-6-8-37-9-7-17)35-23-13-20(28(3,4)36)21(29)12-19(23)25-24(35)11-18(14-30-25)26-16(2)31-33-34(26)5/h10-14,17,27,36H,6-9H2,1-5H3/t27-/m0/s1/i2D3. The molecule has 0 bridgehead atoms. The Morgan fingerprint density at radius 3 is 2.66 bits per heavy atom. The summed E-state index contributed by atoms with van der Waals surface area (Å²) in [5.74, 6) is 0.209. The average Bonchev–Trinajstić information content (AvgIpc) is 3.59. The van der Waals surface area contributed by atoms with Crippen molar-refractivity contribution in [1.29, 1.82) is 0 Å². The van der Waals surface area contributed by atoms with Crippen LogP contribution in [0.4, 0.5) is 4.39 Å². The lowest BCUT2D eigenvalue weighted by molar-refractivity contribution is 0.0543. The third-order valence-corrected chi connectivity index (χ3v) is 7.43. The van der Waals surface area contributed by atoms with E-state index in [9.17, 15) is 5.11 Å². The molecule has 0 unspecified atom stereocenters. The topological polar surface area (TPSA) is 104 Å². The maximum Gasteiger partial charge on any atom is 0.134 e. The van der Waals surface area contributed by atoms with Crippen LogP contribution in [0, 0.1) is 25.5 Å². The molecule has 5 heterocycles. The maximum atomic E-state index is 15.5. The van der Waals surface area contributed by atoms with Crippen molar-refractivity contribution in [3.8, 4) is 11.3 Å². The number of nitrogens with zero attached hydrogens (tertiary/aromatic N) is 6. The zero-order valence-corrected chi connectivity index (χ0v) is 21.7. The molecule has 0 amide bonds. The molecule has 1 N–H and O–H groups in total. The molecule has 0 spiro atoms. The van der Waals surface area contributed by atoms with Gasteiger partial charge in [-0.15, -0.1) is 5.10 Å². The molecule has 1 saturated heterocycles. The largest absolute Gasteiger partial charge is 0.386 e. The van der Waals surface area contributed by atoms with Crippen LogP contribution in [0.5, 0.6) is 0 Å². The highest BCUT2D eigenvalue weighted by atomic mass is 19.1. The maximum absolute atomic E-state index is 15.5.